The smallest absolute Gasteiger partial charge is 0.0844 e. The van der Waals surface area contributed by atoms with E-state index in [1.807, 2.05) is 24.5 Å². The van der Waals surface area contributed by atoms with Gasteiger partial charge >= 0.3 is 0 Å². The predicted molar refractivity (Wildman–Crippen MR) is 142 cm³/mol. The number of hydrogen-bond acceptors (Lipinski definition) is 5. The number of aryl methyl sites for hydroxylation is 1. The number of rotatable bonds is 9. The summed E-state index contributed by atoms with van der Waals surface area (Å²) in [7, 11) is 0. The summed E-state index contributed by atoms with van der Waals surface area (Å²) in [6.45, 7) is 7.08. The molecule has 3 unspecified atom stereocenters. The number of allylic oxidation sites excluding steroid dienone is 2. The van der Waals surface area contributed by atoms with Crippen LogP contribution in [0.25, 0.3) is 16.5 Å². The first kappa shape index (κ1) is 24.0. The molecule has 5 heteroatoms. The average Bonchev–Trinajstić information content (AvgIpc) is 2.87. The molecule has 0 saturated carbocycles. The normalized spacial score (nSPS) is 19.0. The second-order valence-corrected chi connectivity index (χ2v) is 9.17. The predicted octanol–water partition coefficient (Wildman–Crippen LogP) is 6.19. The zero-order chi connectivity index (χ0) is 23.9. The highest BCUT2D eigenvalue weighted by Gasteiger charge is 2.25. The van der Waals surface area contributed by atoms with Gasteiger partial charge in [-0.2, -0.15) is 0 Å². The lowest BCUT2D eigenvalue weighted by molar-refractivity contribution is 0.307. The molecular weight excluding hydrogens is 420 g/mol. The molecule has 176 valence electrons. The fourth-order valence-electron chi connectivity index (χ4n) is 4.36. The third-order valence-corrected chi connectivity index (χ3v) is 6.68. The monoisotopic (exact) mass is 454 g/mol. The minimum atomic E-state index is 0.0475. The highest BCUT2D eigenvalue weighted by atomic mass is 16.3. The van der Waals surface area contributed by atoms with Gasteiger partial charge in [0.25, 0.3) is 0 Å². The molecule has 4 rings (SSSR count). The first-order valence-corrected chi connectivity index (χ1v) is 12.3. The Kier molecular flexibility index (Phi) is 7.96. The van der Waals surface area contributed by atoms with Crippen LogP contribution in [-0.4, -0.2) is 40.7 Å². The second kappa shape index (κ2) is 11.3. The van der Waals surface area contributed by atoms with Gasteiger partial charge in [0, 0.05) is 41.4 Å². The number of fused-ring (bicyclic) bond motifs is 2. The molecule has 0 saturated heterocycles. The maximum absolute atomic E-state index is 9.12. The highest BCUT2D eigenvalue weighted by molar-refractivity contribution is 6.09. The minimum Gasteiger partial charge on any atom is -0.394 e. The number of benzene rings is 1. The molecule has 3 aromatic rings. The Morgan fingerprint density at radius 1 is 1.21 bits per heavy atom. The Bertz CT molecular complexity index is 1210. The van der Waals surface area contributed by atoms with Crippen molar-refractivity contribution in [1.29, 1.82) is 0 Å². The molecule has 0 fully saturated rings. The van der Waals surface area contributed by atoms with E-state index in [2.05, 4.69) is 73.4 Å². The molecule has 5 nitrogen and oxygen atoms in total. The van der Waals surface area contributed by atoms with Gasteiger partial charge < -0.3 is 5.11 Å². The SMILES string of the molecule is CCC(C)/C=C(\C=NCCO)c1ccc2c(n1)C(C)C(CCc1ccc3ncccc3c1)C=N2. The van der Waals surface area contributed by atoms with E-state index in [9.17, 15) is 0 Å². The minimum absolute atomic E-state index is 0.0475. The van der Waals surface area contributed by atoms with Crippen molar-refractivity contribution in [2.24, 2.45) is 21.8 Å². The number of pyridine rings is 2. The highest BCUT2D eigenvalue weighted by Crippen LogP contribution is 2.37. The van der Waals surface area contributed by atoms with Crippen LogP contribution in [0.1, 0.15) is 56.5 Å². The quantitative estimate of drug-likeness (QED) is 0.392. The van der Waals surface area contributed by atoms with Crippen LogP contribution >= 0.6 is 0 Å². The summed E-state index contributed by atoms with van der Waals surface area (Å²) in [4.78, 5) is 18.6. The van der Waals surface area contributed by atoms with Crippen molar-refractivity contribution in [3.8, 4) is 0 Å². The van der Waals surface area contributed by atoms with E-state index in [-0.39, 0.29) is 12.5 Å². The van der Waals surface area contributed by atoms with Crippen LogP contribution in [-0.2, 0) is 6.42 Å². The fraction of sp³-hybridized carbons (Fsp3) is 0.379. The molecule has 1 aromatic carbocycles. The van der Waals surface area contributed by atoms with Gasteiger partial charge in [0.2, 0.25) is 0 Å². The first-order valence-electron chi connectivity index (χ1n) is 12.3. The van der Waals surface area contributed by atoms with E-state index in [1.165, 1.54) is 10.9 Å². The van der Waals surface area contributed by atoms with Crippen molar-refractivity contribution in [3.05, 3.63) is 71.7 Å². The molecule has 1 N–H and O–H groups in total. The Hall–Kier alpha value is -3.18. The van der Waals surface area contributed by atoms with Crippen LogP contribution in [0, 0.1) is 11.8 Å². The lowest BCUT2D eigenvalue weighted by Crippen LogP contribution is -2.18. The number of aliphatic hydroxyl groups is 1. The van der Waals surface area contributed by atoms with Gasteiger partial charge in [-0.1, -0.05) is 45.4 Å². The van der Waals surface area contributed by atoms with E-state index in [0.717, 1.165) is 47.4 Å². The zero-order valence-electron chi connectivity index (χ0n) is 20.4. The largest absolute Gasteiger partial charge is 0.394 e. The van der Waals surface area contributed by atoms with Crippen molar-refractivity contribution in [1.82, 2.24) is 9.97 Å². The van der Waals surface area contributed by atoms with E-state index in [4.69, 9.17) is 15.1 Å². The Morgan fingerprint density at radius 2 is 2.09 bits per heavy atom. The summed E-state index contributed by atoms with van der Waals surface area (Å²) in [6, 6.07) is 14.7. The molecule has 34 heavy (non-hydrogen) atoms. The number of nitrogens with zero attached hydrogens (tertiary/aromatic N) is 4. The van der Waals surface area contributed by atoms with Crippen molar-refractivity contribution < 1.29 is 5.11 Å². The summed E-state index contributed by atoms with van der Waals surface area (Å²) in [5, 5.41) is 10.3. The van der Waals surface area contributed by atoms with Crippen LogP contribution in [0.2, 0.25) is 0 Å². The number of hydrogen-bond donors (Lipinski definition) is 1. The lowest BCUT2D eigenvalue weighted by atomic mass is 9.84. The number of aliphatic imine (C=N–C) groups is 2. The standard InChI is InChI=1S/C29H34N4O/c1-4-20(2)16-25(18-30-14-15-34)27-11-12-28-29(33-27)21(3)24(19-32-28)9-7-22-8-10-26-23(17-22)6-5-13-31-26/h5-6,8,10-13,16-21,24,34H,4,7,9,14-15H2,1-3H3/b25-16+,30-18?. The third kappa shape index (κ3) is 5.65. The van der Waals surface area contributed by atoms with Crippen LogP contribution < -0.4 is 0 Å². The molecule has 0 spiro atoms. The molecule has 3 heterocycles. The van der Waals surface area contributed by atoms with E-state index >= 15 is 0 Å². The number of aliphatic hydroxyl groups excluding tert-OH is 1. The Labute approximate surface area is 202 Å². The molecule has 3 atom stereocenters. The van der Waals surface area contributed by atoms with Gasteiger partial charge in [-0.15, -0.1) is 0 Å². The summed E-state index contributed by atoms with van der Waals surface area (Å²) >= 11 is 0. The topological polar surface area (TPSA) is 70.7 Å². The molecule has 0 radical (unpaired) electrons. The van der Waals surface area contributed by atoms with Gasteiger partial charge in [-0.25, -0.2) is 0 Å². The van der Waals surface area contributed by atoms with Crippen molar-refractivity contribution in [2.75, 3.05) is 13.2 Å². The van der Waals surface area contributed by atoms with E-state index in [0.29, 0.717) is 18.4 Å². The fourth-order valence-corrected chi connectivity index (χ4v) is 4.36. The summed E-state index contributed by atoms with van der Waals surface area (Å²) in [5.74, 6) is 1.05. The van der Waals surface area contributed by atoms with Gasteiger partial charge in [0.15, 0.2) is 0 Å². The molecule has 0 amide bonds. The third-order valence-electron chi connectivity index (χ3n) is 6.68. The van der Waals surface area contributed by atoms with Crippen LogP contribution in [0.15, 0.2) is 64.7 Å². The van der Waals surface area contributed by atoms with Crippen molar-refractivity contribution >= 4 is 34.6 Å². The summed E-state index contributed by atoms with van der Waals surface area (Å²) < 4.78 is 0. The van der Waals surface area contributed by atoms with Gasteiger partial charge in [-0.05, 0) is 54.7 Å². The molecule has 2 aromatic heterocycles. The molecule has 1 aliphatic rings. The molecule has 1 aliphatic heterocycles. The molecular formula is C29H34N4O. The summed E-state index contributed by atoms with van der Waals surface area (Å²) in [5.41, 5.74) is 6.30. The lowest BCUT2D eigenvalue weighted by Gasteiger charge is -2.25. The first-order chi connectivity index (χ1) is 16.6. The van der Waals surface area contributed by atoms with E-state index in [1.54, 1.807) is 0 Å². The van der Waals surface area contributed by atoms with Crippen molar-refractivity contribution in [2.45, 2.75) is 46.0 Å². The summed E-state index contributed by atoms with van der Waals surface area (Å²) in [6.07, 6.45) is 11.1. The number of aromatic nitrogens is 2. The van der Waals surface area contributed by atoms with Gasteiger partial charge in [-0.3, -0.25) is 20.0 Å². The average molecular weight is 455 g/mol. The van der Waals surface area contributed by atoms with Crippen LogP contribution in [0.3, 0.4) is 0 Å². The molecule has 0 bridgehead atoms. The van der Waals surface area contributed by atoms with Crippen LogP contribution in [0.5, 0.6) is 0 Å². The molecule has 0 aliphatic carbocycles. The van der Waals surface area contributed by atoms with Gasteiger partial charge in [0.1, 0.15) is 0 Å². The van der Waals surface area contributed by atoms with E-state index < -0.39 is 0 Å². The maximum atomic E-state index is 9.12. The van der Waals surface area contributed by atoms with Gasteiger partial charge in [0.05, 0.1) is 35.7 Å². The maximum Gasteiger partial charge on any atom is 0.0844 e. The zero-order valence-corrected chi connectivity index (χ0v) is 20.4. The van der Waals surface area contributed by atoms with Crippen LogP contribution in [0.4, 0.5) is 5.69 Å². The Morgan fingerprint density at radius 3 is 2.91 bits per heavy atom. The van der Waals surface area contributed by atoms with Crippen molar-refractivity contribution in [3.63, 3.8) is 0 Å². The Balaban J connectivity index is 1.53. The second-order valence-electron chi connectivity index (χ2n) is 9.17.